The molecule has 1 aromatic carbocycles. The van der Waals surface area contributed by atoms with Crippen molar-refractivity contribution in [2.45, 2.75) is 129 Å². The lowest BCUT2D eigenvalue weighted by Gasteiger charge is -2.35. The molecule has 0 amide bonds. The average Bonchev–Trinajstić information content (AvgIpc) is 3.33. The van der Waals surface area contributed by atoms with Gasteiger partial charge in [-0.2, -0.15) is 4.72 Å². The van der Waals surface area contributed by atoms with E-state index >= 15 is 0 Å². The minimum absolute atomic E-state index is 0.0296. The summed E-state index contributed by atoms with van der Waals surface area (Å²) >= 11 is 0. The van der Waals surface area contributed by atoms with Gasteiger partial charge in [0.15, 0.2) is 0 Å². The maximum atomic E-state index is 14.9. The highest BCUT2D eigenvalue weighted by atomic mass is 32.2. The number of sulfonamides is 1. The third kappa shape index (κ3) is 7.96. The third-order valence-corrected chi connectivity index (χ3v) is 12.8. The number of carbonyl (C=O) groups excluding carboxylic acids is 1. The fourth-order valence-electron chi connectivity index (χ4n) is 5.67. The summed E-state index contributed by atoms with van der Waals surface area (Å²) in [7, 11) is -7.77. The zero-order valence-electron chi connectivity index (χ0n) is 25.7. The molecule has 7 nitrogen and oxygen atoms in total. The molecule has 224 valence electrons. The van der Waals surface area contributed by atoms with Gasteiger partial charge < -0.3 is 9.26 Å². The molecule has 2 rings (SSSR count). The van der Waals surface area contributed by atoms with E-state index in [2.05, 4.69) is 18.6 Å². The Morgan fingerprint density at radius 2 is 1.51 bits per heavy atom. The summed E-state index contributed by atoms with van der Waals surface area (Å²) in [6, 6.07) is 4.01. The first-order chi connectivity index (χ1) is 18.1. The van der Waals surface area contributed by atoms with Crippen LogP contribution >= 0.6 is 7.37 Å². The first kappa shape index (κ1) is 34.0. The van der Waals surface area contributed by atoms with Crippen LogP contribution in [0.25, 0.3) is 0 Å². The minimum atomic E-state index is -4.10. The van der Waals surface area contributed by atoms with Gasteiger partial charge in [0.05, 0.1) is 35.5 Å². The molecule has 9 heteroatoms. The van der Waals surface area contributed by atoms with Crippen molar-refractivity contribution in [2.75, 3.05) is 13.2 Å². The van der Waals surface area contributed by atoms with Crippen LogP contribution in [0.1, 0.15) is 129 Å². The lowest BCUT2D eigenvalue weighted by Crippen LogP contribution is -2.41. The summed E-state index contributed by atoms with van der Waals surface area (Å²) in [5, 5.41) is 0. The van der Waals surface area contributed by atoms with Crippen LogP contribution in [-0.2, 0) is 28.6 Å². The van der Waals surface area contributed by atoms with Crippen molar-refractivity contribution < 1.29 is 27.0 Å². The molecule has 1 saturated carbocycles. The molecule has 1 N–H and O–H groups in total. The Labute approximate surface area is 237 Å². The van der Waals surface area contributed by atoms with Gasteiger partial charge >= 0.3 is 5.97 Å². The van der Waals surface area contributed by atoms with E-state index in [0.29, 0.717) is 19.3 Å². The summed E-state index contributed by atoms with van der Waals surface area (Å²) in [4.78, 5) is 13.1. The number of benzene rings is 1. The van der Waals surface area contributed by atoms with E-state index in [1.807, 2.05) is 53.7 Å². The Morgan fingerprint density at radius 1 is 0.949 bits per heavy atom. The second-order valence-corrected chi connectivity index (χ2v) is 16.7. The van der Waals surface area contributed by atoms with Gasteiger partial charge in [-0.05, 0) is 73.5 Å². The molecule has 1 aromatic rings. The zero-order valence-corrected chi connectivity index (χ0v) is 27.5. The molecule has 0 radical (unpaired) electrons. The largest absolute Gasteiger partial charge is 0.466 e. The number of carbonyl (C=O) groups is 1. The van der Waals surface area contributed by atoms with Crippen molar-refractivity contribution in [2.24, 2.45) is 11.8 Å². The van der Waals surface area contributed by atoms with Gasteiger partial charge in [-0.15, -0.1) is 0 Å². The van der Waals surface area contributed by atoms with Gasteiger partial charge in [0, 0.05) is 0 Å². The number of esters is 1. The van der Waals surface area contributed by atoms with E-state index in [1.165, 1.54) is 0 Å². The first-order valence-electron chi connectivity index (χ1n) is 14.7. The van der Waals surface area contributed by atoms with Crippen molar-refractivity contribution in [1.82, 2.24) is 4.72 Å². The molecule has 0 heterocycles. The molecular formula is C30H52NO6PS. The fraction of sp³-hybridized carbons (Fsp3) is 0.767. The number of nitrogens with one attached hydrogen (secondary N) is 1. The Morgan fingerprint density at radius 3 is 1.95 bits per heavy atom. The average molecular weight is 586 g/mol. The van der Waals surface area contributed by atoms with E-state index in [4.69, 9.17) is 9.26 Å². The van der Waals surface area contributed by atoms with Crippen molar-refractivity contribution in [3.05, 3.63) is 28.8 Å². The van der Waals surface area contributed by atoms with Crippen LogP contribution in [0.5, 0.6) is 0 Å². The van der Waals surface area contributed by atoms with Crippen LogP contribution in [-0.4, -0.2) is 39.0 Å². The molecular weight excluding hydrogens is 533 g/mol. The third-order valence-electron chi connectivity index (χ3n) is 7.63. The Kier molecular flexibility index (Phi) is 12.3. The molecule has 0 saturated heterocycles. The summed E-state index contributed by atoms with van der Waals surface area (Å²) in [6.07, 6.45) is 2.15. The second-order valence-electron chi connectivity index (χ2n) is 12.2. The van der Waals surface area contributed by atoms with Gasteiger partial charge in [0.2, 0.25) is 17.4 Å². The Balaban J connectivity index is 2.71. The highest BCUT2D eigenvalue weighted by Crippen LogP contribution is 2.63. The van der Waals surface area contributed by atoms with Gasteiger partial charge in [-0.25, -0.2) is 8.42 Å². The molecule has 1 fully saturated rings. The normalized spacial score (nSPS) is 20.7. The van der Waals surface area contributed by atoms with Crippen LogP contribution in [0.15, 0.2) is 17.0 Å². The van der Waals surface area contributed by atoms with Crippen molar-refractivity contribution in [1.29, 1.82) is 0 Å². The Bertz CT molecular complexity index is 1100. The van der Waals surface area contributed by atoms with Crippen LogP contribution in [0, 0.1) is 11.8 Å². The van der Waals surface area contributed by atoms with Gasteiger partial charge in [0.25, 0.3) is 0 Å². The number of hydrogen-bond donors (Lipinski definition) is 1. The van der Waals surface area contributed by atoms with Gasteiger partial charge in [-0.1, -0.05) is 73.9 Å². The summed E-state index contributed by atoms with van der Waals surface area (Å²) in [5.41, 5.74) is 2.04. The topological polar surface area (TPSA) is 98.8 Å². The highest BCUT2D eigenvalue weighted by molar-refractivity contribution is 7.90. The standard InChI is InChI=1S/C30H52NO6PS/c1-11-36-30(32)24-14-13-15-27(24)38(33,37-12-2)28(16-19(3)4)31-39(34,35)29-25(21(7)8)17-23(20(5)6)18-26(29)22(9)10/h17-22,24,27-28,31H,11-16H2,1-10H3/t24-,27-,28-,38+/m1/s1. The van der Waals surface area contributed by atoms with E-state index in [1.54, 1.807) is 13.8 Å². The maximum absolute atomic E-state index is 14.9. The van der Waals surface area contributed by atoms with Crippen LogP contribution < -0.4 is 4.72 Å². The van der Waals surface area contributed by atoms with Gasteiger partial charge in [-0.3, -0.25) is 9.36 Å². The summed E-state index contributed by atoms with van der Waals surface area (Å²) < 4.78 is 57.9. The monoisotopic (exact) mass is 585 g/mol. The zero-order chi connectivity index (χ0) is 29.7. The summed E-state index contributed by atoms with van der Waals surface area (Å²) in [5.74, 6) is -1.66. The SMILES string of the molecule is CCOC(=O)[C@@H]1CCC[C@H]1[P@](=O)(OCC)[C@H](CC(C)C)NS(=O)(=O)c1c(C(C)C)cc(C(C)C)cc1C(C)C. The minimum Gasteiger partial charge on any atom is -0.466 e. The second kappa shape index (κ2) is 14.1. The predicted molar refractivity (Wildman–Crippen MR) is 159 cm³/mol. The van der Waals surface area contributed by atoms with Crippen LogP contribution in [0.3, 0.4) is 0 Å². The predicted octanol–water partition coefficient (Wildman–Crippen LogP) is 7.75. The van der Waals surface area contributed by atoms with Crippen LogP contribution in [0.2, 0.25) is 0 Å². The lowest BCUT2D eigenvalue weighted by molar-refractivity contribution is -0.147. The molecule has 0 unspecified atom stereocenters. The number of hydrogen-bond acceptors (Lipinski definition) is 6. The van der Waals surface area contributed by atoms with Gasteiger partial charge in [0.1, 0.15) is 0 Å². The van der Waals surface area contributed by atoms with Crippen molar-refractivity contribution in [3.8, 4) is 0 Å². The van der Waals surface area contributed by atoms with E-state index in [9.17, 15) is 17.8 Å². The molecule has 4 atom stereocenters. The van der Waals surface area contributed by atoms with E-state index < -0.39 is 34.8 Å². The van der Waals surface area contributed by atoms with E-state index in [-0.39, 0.29) is 47.8 Å². The lowest BCUT2D eigenvalue weighted by atomic mass is 9.89. The van der Waals surface area contributed by atoms with Crippen molar-refractivity contribution >= 4 is 23.4 Å². The molecule has 1 aliphatic rings. The maximum Gasteiger partial charge on any atom is 0.309 e. The molecule has 1 aliphatic carbocycles. The first-order valence-corrected chi connectivity index (χ1v) is 18.0. The number of ether oxygens (including phenoxy) is 1. The molecule has 39 heavy (non-hydrogen) atoms. The molecule has 0 spiro atoms. The highest BCUT2D eigenvalue weighted by Gasteiger charge is 2.51. The summed E-state index contributed by atoms with van der Waals surface area (Å²) in [6.45, 7) is 20.1. The molecule has 0 bridgehead atoms. The molecule has 0 aliphatic heterocycles. The van der Waals surface area contributed by atoms with Crippen molar-refractivity contribution in [3.63, 3.8) is 0 Å². The quantitative estimate of drug-likeness (QED) is 0.177. The smallest absolute Gasteiger partial charge is 0.309 e. The number of rotatable bonds is 14. The van der Waals surface area contributed by atoms with E-state index in [0.717, 1.165) is 23.1 Å². The van der Waals surface area contributed by atoms with Crippen LogP contribution in [0.4, 0.5) is 0 Å². The fourth-order valence-corrected chi connectivity index (χ4v) is 11.7. The molecule has 0 aromatic heterocycles. The Hall–Kier alpha value is -1.21.